The number of halogens is 2. The van der Waals surface area contributed by atoms with Crippen LogP contribution in [0.15, 0.2) is 36.0 Å². The zero-order valence-electron chi connectivity index (χ0n) is 7.86. The number of hydrogen-bond donors (Lipinski definition) is 0. The number of rotatable bonds is 3. The summed E-state index contributed by atoms with van der Waals surface area (Å²) < 4.78 is 0. The van der Waals surface area contributed by atoms with Crippen molar-refractivity contribution in [3.63, 3.8) is 0 Å². The zero-order valence-corrected chi connectivity index (χ0v) is 11.0. The van der Waals surface area contributed by atoms with Gasteiger partial charge < -0.3 is 0 Å². The van der Waals surface area contributed by atoms with Crippen LogP contribution in [0.4, 0.5) is 0 Å². The van der Waals surface area contributed by atoms with E-state index in [0.29, 0.717) is 4.83 Å². The Bertz CT molecular complexity index is 430. The minimum absolute atomic E-state index is 0.323. The second-order valence-corrected chi connectivity index (χ2v) is 5.67. The second-order valence-electron chi connectivity index (χ2n) is 3.21. The summed E-state index contributed by atoms with van der Waals surface area (Å²) in [5, 5.41) is 0.788. The lowest BCUT2D eigenvalue weighted by molar-refractivity contribution is 0.965. The minimum Gasteiger partial charge on any atom is -0.253 e. The van der Waals surface area contributed by atoms with Crippen molar-refractivity contribution in [3.8, 4) is 0 Å². The lowest BCUT2D eigenvalue weighted by atomic mass is 10.1. The van der Waals surface area contributed by atoms with E-state index in [4.69, 9.17) is 11.6 Å². The number of thiazole rings is 1. The monoisotopic (exact) mass is 301 g/mol. The van der Waals surface area contributed by atoms with Gasteiger partial charge in [-0.3, -0.25) is 4.98 Å². The van der Waals surface area contributed by atoms with Crippen LogP contribution in [0.5, 0.6) is 0 Å². The molecule has 15 heavy (non-hydrogen) atoms. The maximum absolute atomic E-state index is 5.93. The molecular formula is C11H9BrClNS. The largest absolute Gasteiger partial charge is 0.253 e. The summed E-state index contributed by atoms with van der Waals surface area (Å²) in [5.74, 6) is 0. The Labute approximate surface area is 106 Å². The molecule has 0 spiro atoms. The van der Waals surface area contributed by atoms with Crippen LogP contribution in [0.3, 0.4) is 0 Å². The van der Waals surface area contributed by atoms with Crippen LogP contribution in [0.2, 0.25) is 5.02 Å². The molecule has 1 aromatic heterocycles. The first-order chi connectivity index (χ1) is 7.25. The van der Waals surface area contributed by atoms with Gasteiger partial charge in [0.1, 0.15) is 0 Å². The molecule has 0 radical (unpaired) electrons. The first-order valence-electron chi connectivity index (χ1n) is 4.52. The molecule has 0 aliphatic carbocycles. The topological polar surface area (TPSA) is 12.9 Å². The molecule has 0 N–H and O–H groups in total. The van der Waals surface area contributed by atoms with E-state index in [1.54, 1.807) is 11.3 Å². The van der Waals surface area contributed by atoms with Gasteiger partial charge in [-0.15, -0.1) is 11.3 Å². The van der Waals surface area contributed by atoms with Crippen molar-refractivity contribution in [2.24, 2.45) is 0 Å². The average Bonchev–Trinajstić information content (AvgIpc) is 2.70. The van der Waals surface area contributed by atoms with Gasteiger partial charge in [0.05, 0.1) is 10.3 Å². The third-order valence-electron chi connectivity index (χ3n) is 2.06. The summed E-state index contributed by atoms with van der Waals surface area (Å²) in [5.41, 5.74) is 3.08. The molecular weight excluding hydrogens is 294 g/mol. The highest BCUT2D eigenvalue weighted by molar-refractivity contribution is 9.09. The van der Waals surface area contributed by atoms with Crippen LogP contribution in [0, 0.1) is 0 Å². The first-order valence-corrected chi connectivity index (χ1v) is 6.70. The molecule has 1 unspecified atom stereocenters. The molecule has 0 amide bonds. The van der Waals surface area contributed by atoms with Crippen molar-refractivity contribution in [3.05, 3.63) is 51.4 Å². The predicted octanol–water partition coefficient (Wildman–Crippen LogP) is 4.48. The first kappa shape index (κ1) is 11.1. The van der Waals surface area contributed by atoms with Gasteiger partial charge in [0.25, 0.3) is 0 Å². The molecule has 0 aliphatic rings. The van der Waals surface area contributed by atoms with Crippen molar-refractivity contribution in [1.82, 2.24) is 4.98 Å². The van der Waals surface area contributed by atoms with E-state index in [1.165, 1.54) is 10.4 Å². The maximum atomic E-state index is 5.93. The van der Waals surface area contributed by atoms with Crippen LogP contribution in [0.25, 0.3) is 0 Å². The summed E-state index contributed by atoms with van der Waals surface area (Å²) in [6, 6.07) is 7.95. The van der Waals surface area contributed by atoms with Gasteiger partial charge >= 0.3 is 0 Å². The van der Waals surface area contributed by atoms with Crippen molar-refractivity contribution < 1.29 is 0 Å². The minimum atomic E-state index is 0.323. The van der Waals surface area contributed by atoms with E-state index in [2.05, 4.69) is 27.0 Å². The SMILES string of the molecule is Clc1cccc(CC(Br)c2cncs2)c1. The molecule has 1 aromatic carbocycles. The number of nitrogens with zero attached hydrogens (tertiary/aromatic N) is 1. The third kappa shape index (κ3) is 3.03. The molecule has 0 saturated carbocycles. The summed E-state index contributed by atoms with van der Waals surface area (Å²) in [7, 11) is 0. The van der Waals surface area contributed by atoms with Crippen molar-refractivity contribution in [2.75, 3.05) is 0 Å². The van der Waals surface area contributed by atoms with Crippen LogP contribution in [0.1, 0.15) is 15.3 Å². The van der Waals surface area contributed by atoms with Gasteiger partial charge in [-0.1, -0.05) is 39.7 Å². The Hall–Kier alpha value is -0.380. The molecule has 2 aromatic rings. The molecule has 78 valence electrons. The van der Waals surface area contributed by atoms with E-state index in [9.17, 15) is 0 Å². The van der Waals surface area contributed by atoms with Crippen LogP contribution < -0.4 is 0 Å². The molecule has 1 nitrogen and oxygen atoms in total. The summed E-state index contributed by atoms with van der Waals surface area (Å²) in [6.07, 6.45) is 2.83. The lowest BCUT2D eigenvalue weighted by Crippen LogP contribution is -1.92. The molecule has 0 bridgehead atoms. The third-order valence-corrected chi connectivity index (χ3v) is 4.31. The zero-order chi connectivity index (χ0) is 10.7. The normalized spacial score (nSPS) is 12.7. The van der Waals surface area contributed by atoms with Crippen molar-refractivity contribution in [2.45, 2.75) is 11.2 Å². The summed E-state index contributed by atoms with van der Waals surface area (Å²) in [6.45, 7) is 0. The number of benzene rings is 1. The predicted molar refractivity (Wildman–Crippen MR) is 68.9 cm³/mol. The van der Waals surface area contributed by atoms with Crippen LogP contribution in [-0.4, -0.2) is 4.98 Å². The fourth-order valence-electron chi connectivity index (χ4n) is 1.35. The summed E-state index contributed by atoms with van der Waals surface area (Å²) in [4.78, 5) is 5.63. The molecule has 0 aliphatic heterocycles. The number of aromatic nitrogens is 1. The molecule has 2 rings (SSSR count). The van der Waals surface area contributed by atoms with Gasteiger partial charge in [0.2, 0.25) is 0 Å². The lowest BCUT2D eigenvalue weighted by Gasteiger charge is -2.07. The molecule has 0 saturated heterocycles. The second kappa shape index (κ2) is 5.10. The molecule has 0 fully saturated rings. The van der Waals surface area contributed by atoms with Crippen LogP contribution in [-0.2, 0) is 6.42 Å². The number of hydrogen-bond acceptors (Lipinski definition) is 2. The highest BCUT2D eigenvalue weighted by Gasteiger charge is 2.09. The maximum Gasteiger partial charge on any atom is 0.0794 e. The molecule has 1 heterocycles. The smallest absolute Gasteiger partial charge is 0.0794 e. The Morgan fingerprint density at radius 2 is 2.33 bits per heavy atom. The quantitative estimate of drug-likeness (QED) is 0.762. The van der Waals surface area contributed by atoms with Crippen LogP contribution >= 0.6 is 38.9 Å². The molecule has 4 heteroatoms. The Balaban J connectivity index is 2.09. The van der Waals surface area contributed by atoms with Gasteiger partial charge in [0, 0.05) is 16.1 Å². The Morgan fingerprint density at radius 1 is 1.47 bits per heavy atom. The van der Waals surface area contributed by atoms with E-state index >= 15 is 0 Å². The van der Waals surface area contributed by atoms with E-state index in [1.807, 2.05) is 29.9 Å². The highest BCUT2D eigenvalue weighted by atomic mass is 79.9. The van der Waals surface area contributed by atoms with Gasteiger partial charge in [-0.25, -0.2) is 0 Å². The van der Waals surface area contributed by atoms with Gasteiger partial charge in [0.15, 0.2) is 0 Å². The highest BCUT2D eigenvalue weighted by Crippen LogP contribution is 2.29. The average molecular weight is 303 g/mol. The van der Waals surface area contributed by atoms with Gasteiger partial charge in [-0.05, 0) is 24.1 Å². The van der Waals surface area contributed by atoms with Gasteiger partial charge in [-0.2, -0.15) is 0 Å². The van der Waals surface area contributed by atoms with E-state index in [-0.39, 0.29) is 0 Å². The van der Waals surface area contributed by atoms with E-state index < -0.39 is 0 Å². The van der Waals surface area contributed by atoms with Crippen molar-refractivity contribution >= 4 is 38.9 Å². The number of alkyl halides is 1. The van der Waals surface area contributed by atoms with Crippen molar-refractivity contribution in [1.29, 1.82) is 0 Å². The Morgan fingerprint density at radius 3 is 3.00 bits per heavy atom. The Kier molecular flexibility index (Phi) is 3.78. The standard InChI is InChI=1S/C11H9BrClNS/c12-10(11-6-14-7-15-11)5-8-2-1-3-9(13)4-8/h1-4,6-7,10H,5H2. The summed E-state index contributed by atoms with van der Waals surface area (Å²) >= 11 is 11.2. The molecule has 1 atom stereocenters. The fourth-order valence-corrected chi connectivity index (χ4v) is 2.98. The van der Waals surface area contributed by atoms with E-state index in [0.717, 1.165) is 11.4 Å². The fraction of sp³-hybridized carbons (Fsp3) is 0.182.